The Morgan fingerprint density at radius 1 is 0.357 bits per heavy atom. The van der Waals surface area contributed by atoms with Crippen molar-refractivity contribution in [2.45, 2.75) is 306 Å². The molecule has 0 aliphatic rings. The molecular weight excluding hydrogens is 1460 g/mol. The van der Waals surface area contributed by atoms with E-state index in [1.54, 1.807) is 33.5 Å². The van der Waals surface area contributed by atoms with Gasteiger partial charge in [0.25, 0.3) is 0 Å². The molecule has 1 aromatic rings. The molecule has 0 radical (unpaired) electrons. The van der Waals surface area contributed by atoms with Gasteiger partial charge in [0.15, 0.2) is 0 Å². The van der Waals surface area contributed by atoms with Crippen LogP contribution in [0.3, 0.4) is 0 Å². The van der Waals surface area contributed by atoms with E-state index >= 15 is 0 Å². The van der Waals surface area contributed by atoms with Gasteiger partial charge in [0.1, 0.15) is 25.2 Å². The van der Waals surface area contributed by atoms with E-state index < -0.39 is 44.1 Å². The maximum Gasteiger partial charge on any atom is 0.338 e. The molecular formula is C88H185F5O19. The first kappa shape index (κ1) is 133. The Labute approximate surface area is 683 Å². The van der Waals surface area contributed by atoms with Crippen LogP contribution in [0.1, 0.15) is 273 Å². The second-order valence-corrected chi connectivity index (χ2v) is 34.5. The molecule has 0 aliphatic carbocycles. The van der Waals surface area contributed by atoms with E-state index in [2.05, 4.69) is 96.9 Å². The van der Waals surface area contributed by atoms with Crippen molar-refractivity contribution < 1.29 is 117 Å². The van der Waals surface area contributed by atoms with Crippen molar-refractivity contribution in [1.82, 2.24) is 0 Å². The van der Waals surface area contributed by atoms with Gasteiger partial charge in [-0.25, -0.2) is 22.4 Å². The summed E-state index contributed by atoms with van der Waals surface area (Å²) < 4.78 is 79.4. The van der Waals surface area contributed by atoms with Crippen molar-refractivity contribution in [2.75, 3.05) is 127 Å². The Morgan fingerprint density at radius 3 is 0.964 bits per heavy atom. The second-order valence-electron chi connectivity index (χ2n) is 34.5. The highest BCUT2D eigenvalue weighted by atomic mass is 19.2. The van der Waals surface area contributed by atoms with E-state index in [1.807, 2.05) is 94.4 Å². The van der Waals surface area contributed by atoms with Gasteiger partial charge >= 0.3 is 5.97 Å². The van der Waals surface area contributed by atoms with Crippen LogP contribution in [0.15, 0.2) is 30.3 Å². The van der Waals surface area contributed by atoms with Crippen molar-refractivity contribution in [2.24, 2.45) is 94.2 Å². The number of aliphatic hydroxyl groups excluding tert-OH is 14. The first-order valence-corrected chi connectivity index (χ1v) is 41.5. The van der Waals surface area contributed by atoms with Crippen LogP contribution in [0, 0.1) is 94.2 Å². The number of alkyl halides is 5. The monoisotopic (exact) mass is 1640 g/mol. The first-order valence-electron chi connectivity index (χ1n) is 41.5. The molecule has 686 valence electrons. The Bertz CT molecular complexity index is 1770. The summed E-state index contributed by atoms with van der Waals surface area (Å²) in [6.45, 7) is 51.4. The normalized spacial score (nSPS) is 13.5. The van der Waals surface area contributed by atoms with Crippen LogP contribution in [0.25, 0.3) is 0 Å². The van der Waals surface area contributed by atoms with E-state index in [9.17, 15) is 26.7 Å². The van der Waals surface area contributed by atoms with E-state index in [0.717, 1.165) is 57.8 Å². The fourth-order valence-corrected chi connectivity index (χ4v) is 9.61. The van der Waals surface area contributed by atoms with E-state index in [1.165, 1.54) is 0 Å². The summed E-state index contributed by atoms with van der Waals surface area (Å²) in [6.07, 6.45) is 6.32. The quantitative estimate of drug-likeness (QED) is 0.0213. The first-order chi connectivity index (χ1) is 52.0. The maximum absolute atomic E-state index is 12.2. The lowest BCUT2D eigenvalue weighted by Gasteiger charge is -2.26. The van der Waals surface area contributed by atoms with E-state index in [4.69, 9.17) is 90.4 Å². The summed E-state index contributed by atoms with van der Waals surface area (Å²) in [5.41, 5.74) is 0.338. The molecule has 0 aromatic heterocycles. The van der Waals surface area contributed by atoms with Crippen LogP contribution in [0.5, 0.6) is 0 Å². The number of halogens is 5. The SMILES string of the molecule is CC(C)CC(C)(CO)CO.CC(C)CC(CO)CF.CC(C)CC(CO)CO.CC(C)CC(F)CF.CC(C)CC(F)CO.CC(C)CC(O)CO.CC(C)CCC(F)CO.CC(C)CCC(O)CO.CC(C)CCOC(=O)c1ccccc1.COC(CO)CC(C)C.COCC(CO)CC(C)C.COCC(O)CC(C)C. The van der Waals surface area contributed by atoms with Crippen molar-refractivity contribution in [3.63, 3.8) is 0 Å². The fraction of sp³-hybridized carbons (Fsp3) is 0.920. The summed E-state index contributed by atoms with van der Waals surface area (Å²) in [4.78, 5) is 11.4. The number of ether oxygens (including phenoxy) is 4. The zero-order valence-electron chi connectivity index (χ0n) is 76.5. The van der Waals surface area contributed by atoms with Gasteiger partial charge in [0, 0.05) is 70.9 Å². The number of carbonyl (C=O) groups is 1. The van der Waals surface area contributed by atoms with Crippen molar-refractivity contribution in [3.8, 4) is 0 Å². The minimum Gasteiger partial charge on any atom is -0.462 e. The number of benzene rings is 1. The highest BCUT2D eigenvalue weighted by Gasteiger charge is 2.23. The minimum atomic E-state index is -1.24. The number of hydrogen-bond acceptors (Lipinski definition) is 19. The molecule has 0 amide bonds. The topological polar surface area (TPSA) is 337 Å². The minimum absolute atomic E-state index is 0.0192. The highest BCUT2D eigenvalue weighted by molar-refractivity contribution is 5.89. The third-order valence-corrected chi connectivity index (χ3v) is 15.4. The molecule has 112 heavy (non-hydrogen) atoms. The Hall–Kier alpha value is -2.34. The van der Waals surface area contributed by atoms with Crippen molar-refractivity contribution >= 4 is 5.97 Å². The molecule has 9 unspecified atom stereocenters. The van der Waals surface area contributed by atoms with Crippen LogP contribution >= 0.6 is 0 Å². The predicted molar refractivity (Wildman–Crippen MR) is 455 cm³/mol. The van der Waals surface area contributed by atoms with Gasteiger partial charge < -0.3 is 90.4 Å². The smallest absolute Gasteiger partial charge is 0.338 e. The lowest BCUT2D eigenvalue weighted by atomic mass is 9.84. The van der Waals surface area contributed by atoms with Gasteiger partial charge in [-0.3, -0.25) is 4.39 Å². The largest absolute Gasteiger partial charge is 0.462 e. The standard InChI is InChI=1S/C12H16O2.2C8H18O2.2C7H15FO.4C7H16O2.C6H12F2.C6H13FO.C6H14O2/c1-10(2)8-9-14-12(13)11-6-4-3-5-7-11;1-7(2)4-8(5-9)6-10-3;1-7(2)4-8(3,5-9)6-10;1-6(2)3-7(4-8)5-9;1-6(2)3-4-7(8)5-9;1-6(2)4-7(8)5-9-3;1-6(2)4-7(5-8)9-3;1-6(2)3-7(4-8)5-9;1-6(2)3-4-7(9)5-8;1-5(2)3-6(8)4-7;1-5(2)3-6(7)4-8;1-5(2)3-6(8)4-7/h3-7,10H,8-9H2,1-2H3;7-9H,4-6H2,1-3H3;7,9-10H,4-6H2,1-3H3;2*6-7,9H,3-5H2,1-2H3;2*6-8H,4-5H2,1-3H3;2*6-9H,3-5H2,1-2H3;5-6H,3-4H2,1-2H3;5-6,8H,3-4H2,1-2H3;5-8H,3-4H2,1-2H3. The number of carbonyl (C=O) groups excluding carboxylic acids is 1. The van der Waals surface area contributed by atoms with Gasteiger partial charge in [-0.1, -0.05) is 191 Å². The second kappa shape index (κ2) is 95.8. The van der Waals surface area contributed by atoms with Gasteiger partial charge in [-0.15, -0.1) is 0 Å². The average molecular weight is 1640 g/mol. The molecule has 0 saturated carbocycles. The third kappa shape index (κ3) is 126. The van der Waals surface area contributed by atoms with Gasteiger partial charge in [-0.05, 0) is 173 Å². The summed E-state index contributed by atoms with van der Waals surface area (Å²) in [5.74, 6) is 6.22. The molecule has 0 fully saturated rings. The molecule has 14 N–H and O–H groups in total. The van der Waals surface area contributed by atoms with E-state index in [-0.39, 0.29) is 114 Å². The van der Waals surface area contributed by atoms with Gasteiger partial charge in [0.2, 0.25) is 0 Å². The third-order valence-electron chi connectivity index (χ3n) is 15.4. The van der Waals surface area contributed by atoms with Gasteiger partial charge in [0.05, 0.1) is 103 Å². The number of esters is 1. The number of methoxy groups -OCH3 is 3. The number of rotatable bonds is 46. The molecule has 0 heterocycles. The number of hydrogen-bond donors (Lipinski definition) is 14. The summed E-state index contributed by atoms with van der Waals surface area (Å²) >= 11 is 0. The Balaban J connectivity index is -0.000000111. The van der Waals surface area contributed by atoms with Crippen LogP contribution in [-0.4, -0.2) is 248 Å². The van der Waals surface area contributed by atoms with Crippen molar-refractivity contribution in [1.29, 1.82) is 0 Å². The lowest BCUT2D eigenvalue weighted by molar-refractivity contribution is 0.0350. The fourth-order valence-electron chi connectivity index (χ4n) is 9.61. The zero-order chi connectivity index (χ0) is 89.9. The molecule has 0 aliphatic heterocycles. The molecule has 24 heteroatoms. The van der Waals surface area contributed by atoms with Crippen LogP contribution in [-0.2, 0) is 18.9 Å². The van der Waals surface area contributed by atoms with Crippen LogP contribution in [0.2, 0.25) is 0 Å². The van der Waals surface area contributed by atoms with E-state index in [0.29, 0.717) is 129 Å². The van der Waals surface area contributed by atoms with Crippen LogP contribution < -0.4 is 0 Å². The summed E-state index contributed by atoms with van der Waals surface area (Å²) in [7, 11) is 4.90. The van der Waals surface area contributed by atoms with Crippen LogP contribution in [0.4, 0.5) is 22.0 Å². The molecule has 0 spiro atoms. The maximum atomic E-state index is 12.2. The average Bonchev–Trinajstić information content (AvgIpc) is 0.915. The molecule has 19 nitrogen and oxygen atoms in total. The molecule has 1 aromatic carbocycles. The Kier molecular flexibility index (Phi) is 114. The lowest BCUT2D eigenvalue weighted by Crippen LogP contribution is -2.27. The Morgan fingerprint density at radius 2 is 0.723 bits per heavy atom. The zero-order valence-corrected chi connectivity index (χ0v) is 76.5. The highest BCUT2D eigenvalue weighted by Crippen LogP contribution is 2.24. The predicted octanol–water partition coefficient (Wildman–Crippen LogP) is 16.1. The molecule has 1 rings (SSSR count). The summed E-state index contributed by atoms with van der Waals surface area (Å²) in [5, 5.41) is 121. The van der Waals surface area contributed by atoms with Gasteiger partial charge in [-0.2, -0.15) is 0 Å². The summed E-state index contributed by atoms with van der Waals surface area (Å²) in [6, 6.07) is 9.07. The molecule has 0 saturated heterocycles. The molecule has 9 atom stereocenters. The van der Waals surface area contributed by atoms with Crippen molar-refractivity contribution in [3.05, 3.63) is 35.9 Å². The molecule has 0 bridgehead atoms. The number of aliphatic hydroxyl groups is 14.